The monoisotopic (exact) mass is 613 g/mol. The second-order valence-corrected chi connectivity index (χ2v) is 12.4. The van der Waals surface area contributed by atoms with Crippen LogP contribution in [0.1, 0.15) is 34.5 Å². The number of anilines is 1. The number of methoxy groups -OCH3 is 1. The number of carbonyl (C=O) groups excluding carboxylic acids is 1. The average Bonchev–Trinajstić information content (AvgIpc) is 2.97. The number of hydrogen-bond acceptors (Lipinski definition) is 6. The van der Waals surface area contributed by atoms with Gasteiger partial charge < -0.3 is 15.2 Å². The Hall–Kier alpha value is -4.16. The van der Waals surface area contributed by atoms with Gasteiger partial charge in [-0.3, -0.25) is 9.10 Å². The van der Waals surface area contributed by atoms with Crippen molar-refractivity contribution in [2.45, 2.75) is 31.5 Å². The Kier molecular flexibility index (Phi) is 8.61. The van der Waals surface area contributed by atoms with Gasteiger partial charge >= 0.3 is 6.18 Å². The fourth-order valence-electron chi connectivity index (χ4n) is 5.17. The molecule has 3 aromatic carbocycles. The van der Waals surface area contributed by atoms with Gasteiger partial charge in [0.2, 0.25) is 10.0 Å². The summed E-state index contributed by atoms with van der Waals surface area (Å²) < 4.78 is 73.0. The summed E-state index contributed by atoms with van der Waals surface area (Å²) in [7, 11) is -2.20. The Morgan fingerprint density at radius 3 is 2.49 bits per heavy atom. The number of pyridine rings is 1. The standard InChI is InChI=1S/C31H30F3N3O5S/c1-42-19-24(15-20-7-10-25(38)11-8-20)35-30(39)28-18-29(37-13-2-3-14-43(37,40)41)26-17-22(9-12-27(26)36-28)21-5-4-6-23(16-21)31(32,33)34/h4-12,16-18,24,38H,2-3,13-15,19H2,1H3,(H,35,39)/t24-/m0/s1. The summed E-state index contributed by atoms with van der Waals surface area (Å²) in [6, 6.07) is 17.2. The van der Waals surface area contributed by atoms with Gasteiger partial charge in [-0.25, -0.2) is 13.4 Å². The number of phenols is 1. The lowest BCUT2D eigenvalue weighted by atomic mass is 10.00. The van der Waals surface area contributed by atoms with Crippen LogP contribution in [0.3, 0.4) is 0 Å². The molecule has 12 heteroatoms. The highest BCUT2D eigenvalue weighted by atomic mass is 32.2. The number of phenolic OH excluding ortho intramolecular Hbond substituents is 1. The Morgan fingerprint density at radius 2 is 1.79 bits per heavy atom. The summed E-state index contributed by atoms with van der Waals surface area (Å²) >= 11 is 0. The number of carbonyl (C=O) groups is 1. The molecule has 1 atom stereocenters. The van der Waals surface area contributed by atoms with E-state index in [4.69, 9.17) is 4.74 Å². The lowest BCUT2D eigenvalue weighted by Crippen LogP contribution is -2.40. The summed E-state index contributed by atoms with van der Waals surface area (Å²) in [5.74, 6) is -0.484. The molecule has 0 unspecified atom stereocenters. The van der Waals surface area contributed by atoms with Gasteiger partial charge in [0.15, 0.2) is 0 Å². The SMILES string of the molecule is COC[C@H](Cc1ccc(O)cc1)NC(=O)c1cc(N2CCCCS2(=O)=O)c2cc(-c3cccc(C(F)(F)F)c3)ccc2n1. The van der Waals surface area contributed by atoms with Crippen LogP contribution in [0.5, 0.6) is 5.75 Å². The van der Waals surface area contributed by atoms with E-state index < -0.39 is 33.7 Å². The number of alkyl halides is 3. The number of halogens is 3. The van der Waals surface area contributed by atoms with Gasteiger partial charge in [-0.2, -0.15) is 13.2 Å². The van der Waals surface area contributed by atoms with Gasteiger partial charge in [0.1, 0.15) is 11.4 Å². The molecule has 8 nitrogen and oxygen atoms in total. The van der Waals surface area contributed by atoms with Crippen LogP contribution >= 0.6 is 0 Å². The number of amides is 1. The molecule has 1 aliphatic rings. The number of nitrogens with zero attached hydrogens (tertiary/aromatic N) is 2. The molecule has 1 fully saturated rings. The van der Waals surface area contributed by atoms with Crippen molar-refractivity contribution in [1.82, 2.24) is 10.3 Å². The molecule has 0 bridgehead atoms. The highest BCUT2D eigenvalue weighted by Gasteiger charge is 2.31. The molecular weight excluding hydrogens is 583 g/mol. The van der Waals surface area contributed by atoms with E-state index in [-0.39, 0.29) is 36.0 Å². The molecule has 2 N–H and O–H groups in total. The minimum atomic E-state index is -4.52. The molecule has 4 aromatic rings. The van der Waals surface area contributed by atoms with Crippen molar-refractivity contribution in [2.75, 3.05) is 30.3 Å². The summed E-state index contributed by atoms with van der Waals surface area (Å²) in [4.78, 5) is 18.0. The molecule has 2 heterocycles. The van der Waals surface area contributed by atoms with E-state index >= 15 is 0 Å². The number of fused-ring (bicyclic) bond motifs is 1. The zero-order chi connectivity index (χ0) is 30.8. The van der Waals surface area contributed by atoms with E-state index in [1.807, 2.05) is 0 Å². The number of nitrogens with one attached hydrogen (secondary N) is 1. The maximum Gasteiger partial charge on any atom is 0.416 e. The van der Waals surface area contributed by atoms with Crippen molar-refractivity contribution in [3.63, 3.8) is 0 Å². The number of rotatable bonds is 8. The maximum atomic E-state index is 13.5. The van der Waals surface area contributed by atoms with Gasteiger partial charge in [-0.15, -0.1) is 0 Å². The highest BCUT2D eigenvalue weighted by molar-refractivity contribution is 7.92. The fourth-order valence-corrected chi connectivity index (χ4v) is 6.82. The van der Waals surface area contributed by atoms with Crippen LogP contribution < -0.4 is 9.62 Å². The summed E-state index contributed by atoms with van der Waals surface area (Å²) in [6.07, 6.45) is -3.01. The molecule has 1 aliphatic heterocycles. The van der Waals surface area contributed by atoms with Gasteiger partial charge in [0.25, 0.3) is 5.91 Å². The van der Waals surface area contributed by atoms with Crippen molar-refractivity contribution >= 4 is 32.5 Å². The number of aromatic nitrogens is 1. The van der Waals surface area contributed by atoms with Gasteiger partial charge in [-0.05, 0) is 78.4 Å². The quantitative estimate of drug-likeness (QED) is 0.270. The number of sulfonamides is 1. The first-order chi connectivity index (χ1) is 20.4. The minimum Gasteiger partial charge on any atom is -0.508 e. The van der Waals surface area contributed by atoms with Gasteiger partial charge in [0.05, 0.1) is 35.2 Å². The smallest absolute Gasteiger partial charge is 0.416 e. The van der Waals surface area contributed by atoms with E-state index in [9.17, 15) is 31.5 Å². The van der Waals surface area contributed by atoms with Gasteiger partial charge in [-0.1, -0.05) is 30.3 Å². The van der Waals surface area contributed by atoms with Crippen LogP contribution in [0, 0.1) is 0 Å². The molecular formula is C31H30F3N3O5S. The first kappa shape index (κ1) is 30.3. The van der Waals surface area contributed by atoms with E-state index in [1.165, 1.54) is 23.5 Å². The maximum absolute atomic E-state index is 13.5. The van der Waals surface area contributed by atoms with E-state index in [0.717, 1.165) is 17.7 Å². The molecule has 0 aliphatic carbocycles. The number of benzene rings is 3. The predicted octanol–water partition coefficient (Wildman–Crippen LogP) is 5.54. The number of aromatic hydroxyl groups is 1. The van der Waals surface area contributed by atoms with Crippen molar-refractivity contribution in [2.24, 2.45) is 0 Å². The van der Waals surface area contributed by atoms with Crippen molar-refractivity contribution < 1.29 is 36.2 Å². The first-order valence-corrected chi connectivity index (χ1v) is 15.3. The lowest BCUT2D eigenvalue weighted by Gasteiger charge is -2.29. The zero-order valence-corrected chi connectivity index (χ0v) is 24.1. The van der Waals surface area contributed by atoms with Crippen LogP contribution in [-0.4, -0.2) is 56.5 Å². The fraction of sp³-hybridized carbons (Fsp3) is 0.290. The first-order valence-electron chi connectivity index (χ1n) is 13.7. The number of ether oxygens (including phenoxy) is 1. The normalized spacial score (nSPS) is 15.8. The molecule has 0 saturated carbocycles. The third-order valence-corrected chi connectivity index (χ3v) is 9.14. The largest absolute Gasteiger partial charge is 0.508 e. The third kappa shape index (κ3) is 6.91. The molecule has 1 saturated heterocycles. The second kappa shape index (κ2) is 12.2. The average molecular weight is 614 g/mol. The highest BCUT2D eigenvalue weighted by Crippen LogP contribution is 2.36. The Morgan fingerprint density at radius 1 is 1.05 bits per heavy atom. The summed E-state index contributed by atoms with van der Waals surface area (Å²) in [6.45, 7) is 0.386. The van der Waals surface area contributed by atoms with Crippen LogP contribution in [-0.2, 0) is 27.4 Å². The molecule has 1 aromatic heterocycles. The Balaban J connectivity index is 1.55. The zero-order valence-electron chi connectivity index (χ0n) is 23.3. The summed E-state index contributed by atoms with van der Waals surface area (Å²) in [5.41, 5.74) is 1.36. The van der Waals surface area contributed by atoms with Crippen LogP contribution in [0.2, 0.25) is 0 Å². The van der Waals surface area contributed by atoms with E-state index in [0.29, 0.717) is 41.3 Å². The Bertz CT molecular complexity index is 1740. The molecule has 0 radical (unpaired) electrons. The second-order valence-electron chi connectivity index (χ2n) is 10.4. The molecule has 5 rings (SSSR count). The molecule has 43 heavy (non-hydrogen) atoms. The van der Waals surface area contributed by atoms with E-state index in [2.05, 4.69) is 10.3 Å². The third-order valence-electron chi connectivity index (χ3n) is 7.28. The molecule has 0 spiro atoms. The Labute approximate surface area is 247 Å². The predicted molar refractivity (Wildman–Crippen MR) is 157 cm³/mol. The molecule has 226 valence electrons. The van der Waals surface area contributed by atoms with Crippen LogP contribution in [0.15, 0.2) is 72.8 Å². The van der Waals surface area contributed by atoms with E-state index in [1.54, 1.807) is 48.5 Å². The topological polar surface area (TPSA) is 109 Å². The van der Waals surface area contributed by atoms with Crippen molar-refractivity contribution in [1.29, 1.82) is 0 Å². The lowest BCUT2D eigenvalue weighted by molar-refractivity contribution is -0.137. The summed E-state index contributed by atoms with van der Waals surface area (Å²) in [5, 5.41) is 12.9. The van der Waals surface area contributed by atoms with Crippen LogP contribution in [0.4, 0.5) is 18.9 Å². The van der Waals surface area contributed by atoms with Gasteiger partial charge in [0, 0.05) is 19.0 Å². The number of hydrogen-bond donors (Lipinski definition) is 2. The van der Waals surface area contributed by atoms with Crippen LogP contribution in [0.25, 0.3) is 22.0 Å². The van der Waals surface area contributed by atoms with Crippen molar-refractivity contribution in [3.8, 4) is 16.9 Å². The van der Waals surface area contributed by atoms with Crippen molar-refractivity contribution in [3.05, 3.63) is 89.6 Å². The minimum absolute atomic E-state index is 0.0121. The molecule has 1 amide bonds.